The van der Waals surface area contributed by atoms with Gasteiger partial charge < -0.3 is 0 Å². The van der Waals surface area contributed by atoms with E-state index in [9.17, 15) is 8.42 Å². The molecule has 0 aromatic carbocycles. The molecular weight excluding hydrogens is 184 g/mol. The molecule has 0 fully saturated rings. The average molecular weight is 204 g/mol. The molecule has 0 unspecified atom stereocenters. The molecular formula is C10H20O2S. The molecule has 3 heteroatoms. The van der Waals surface area contributed by atoms with Crippen molar-refractivity contribution in [3.63, 3.8) is 0 Å². The van der Waals surface area contributed by atoms with Gasteiger partial charge in [-0.05, 0) is 18.3 Å². The van der Waals surface area contributed by atoms with Crippen molar-refractivity contribution in [2.24, 2.45) is 5.41 Å². The minimum Gasteiger partial charge on any atom is -0.224 e. The van der Waals surface area contributed by atoms with Crippen LogP contribution in [-0.4, -0.2) is 14.2 Å². The summed E-state index contributed by atoms with van der Waals surface area (Å²) in [5.74, 6) is 0.243. The van der Waals surface area contributed by atoms with E-state index in [1.54, 1.807) is 0 Å². The van der Waals surface area contributed by atoms with Gasteiger partial charge in [0.2, 0.25) is 0 Å². The second-order valence-corrected chi connectivity index (χ2v) is 6.62. The van der Waals surface area contributed by atoms with Crippen molar-refractivity contribution in [3.05, 3.63) is 12.0 Å². The molecule has 13 heavy (non-hydrogen) atoms. The Morgan fingerprint density at radius 2 is 1.77 bits per heavy atom. The van der Waals surface area contributed by atoms with Gasteiger partial charge in [0, 0.05) is 5.41 Å². The molecule has 78 valence electrons. The summed E-state index contributed by atoms with van der Waals surface area (Å²) in [7, 11) is -2.97. The van der Waals surface area contributed by atoms with E-state index < -0.39 is 9.84 Å². The van der Waals surface area contributed by atoms with Crippen LogP contribution in [0.25, 0.3) is 0 Å². The zero-order valence-electron chi connectivity index (χ0n) is 8.84. The summed E-state index contributed by atoms with van der Waals surface area (Å²) < 4.78 is 22.0. The van der Waals surface area contributed by atoms with E-state index in [0.717, 1.165) is 24.7 Å². The Morgan fingerprint density at radius 3 is 2.15 bits per heavy atom. The first-order valence-corrected chi connectivity index (χ1v) is 6.33. The van der Waals surface area contributed by atoms with E-state index in [1.165, 1.54) is 0 Å². The summed E-state index contributed by atoms with van der Waals surface area (Å²) in [6, 6.07) is 0. The van der Waals surface area contributed by atoms with Gasteiger partial charge >= 0.3 is 0 Å². The predicted molar refractivity (Wildman–Crippen MR) is 57.3 cm³/mol. The molecule has 0 aliphatic rings. The Balaban J connectivity index is 3.65. The number of hydrogen-bond acceptors (Lipinski definition) is 2. The second-order valence-electron chi connectivity index (χ2n) is 4.55. The first kappa shape index (κ1) is 12.7. The highest BCUT2D eigenvalue weighted by Gasteiger charge is 2.10. The van der Waals surface area contributed by atoms with Crippen LogP contribution < -0.4 is 0 Å². The molecule has 0 spiro atoms. The van der Waals surface area contributed by atoms with Gasteiger partial charge in [-0.15, -0.1) is 0 Å². The van der Waals surface area contributed by atoms with Crippen molar-refractivity contribution in [1.82, 2.24) is 0 Å². The Bertz CT molecular complexity index is 245. The summed E-state index contributed by atoms with van der Waals surface area (Å²) in [5.41, 5.74) is 0.304. The lowest BCUT2D eigenvalue weighted by Gasteiger charge is -2.17. The van der Waals surface area contributed by atoms with E-state index in [4.69, 9.17) is 0 Å². The highest BCUT2D eigenvalue weighted by molar-refractivity contribution is 7.94. The van der Waals surface area contributed by atoms with Gasteiger partial charge in [0.05, 0.1) is 5.75 Å². The molecule has 0 bridgehead atoms. The van der Waals surface area contributed by atoms with Gasteiger partial charge in [-0.1, -0.05) is 33.8 Å². The van der Waals surface area contributed by atoms with Crippen molar-refractivity contribution >= 4 is 9.84 Å². The van der Waals surface area contributed by atoms with Gasteiger partial charge in [-0.25, -0.2) is 8.42 Å². The lowest BCUT2D eigenvalue weighted by atomic mass is 9.90. The minimum atomic E-state index is -2.97. The molecule has 0 aromatic heterocycles. The van der Waals surface area contributed by atoms with Crippen LogP contribution in [0.1, 0.15) is 40.0 Å². The van der Waals surface area contributed by atoms with Crippen LogP contribution in [0.5, 0.6) is 0 Å². The molecule has 0 saturated heterocycles. The van der Waals surface area contributed by atoms with E-state index in [2.05, 4.69) is 27.4 Å². The largest absolute Gasteiger partial charge is 0.224 e. The van der Waals surface area contributed by atoms with Gasteiger partial charge in [0.15, 0.2) is 9.84 Å². The summed E-state index contributed by atoms with van der Waals surface area (Å²) in [6.07, 6.45) is 2.78. The summed E-state index contributed by atoms with van der Waals surface area (Å²) in [5, 5.41) is 1.05. The maximum Gasteiger partial charge on any atom is 0.171 e. The fourth-order valence-corrected chi connectivity index (χ4v) is 1.82. The number of unbranched alkanes of at least 4 members (excludes halogenated alkanes) is 1. The third-order valence-electron chi connectivity index (χ3n) is 1.86. The van der Waals surface area contributed by atoms with Crippen molar-refractivity contribution in [3.8, 4) is 0 Å². The molecule has 0 aromatic rings. The second kappa shape index (κ2) is 4.80. The van der Waals surface area contributed by atoms with E-state index in [1.807, 2.05) is 0 Å². The molecule has 0 aliphatic carbocycles. The molecule has 2 nitrogen and oxygen atoms in total. The minimum absolute atomic E-state index is 0.243. The highest BCUT2D eigenvalue weighted by Crippen LogP contribution is 2.21. The van der Waals surface area contributed by atoms with Gasteiger partial charge in [0.25, 0.3) is 0 Å². The number of rotatable bonds is 5. The summed E-state index contributed by atoms with van der Waals surface area (Å²) in [4.78, 5) is 0. The molecule has 0 N–H and O–H groups in total. The Kier molecular flexibility index (Phi) is 4.68. The van der Waals surface area contributed by atoms with Crippen LogP contribution in [0.2, 0.25) is 0 Å². The van der Waals surface area contributed by atoms with Crippen molar-refractivity contribution < 1.29 is 8.42 Å². The predicted octanol–water partition coefficient (Wildman–Crippen LogP) is 2.76. The summed E-state index contributed by atoms with van der Waals surface area (Å²) >= 11 is 0. The fourth-order valence-electron chi connectivity index (χ4n) is 1.04. The van der Waals surface area contributed by atoms with Crippen molar-refractivity contribution in [2.75, 3.05) is 5.75 Å². The van der Waals surface area contributed by atoms with Crippen LogP contribution >= 0.6 is 0 Å². The maximum atomic E-state index is 11.0. The number of hydrogen-bond donors (Lipinski definition) is 0. The van der Waals surface area contributed by atoms with Crippen LogP contribution in [0, 0.1) is 5.41 Å². The SMILES string of the molecule is C=CS(=O)(=O)CCCCC(C)(C)C. The highest BCUT2D eigenvalue weighted by atomic mass is 32.2. The first-order valence-electron chi connectivity index (χ1n) is 4.62. The topological polar surface area (TPSA) is 34.1 Å². The third kappa shape index (κ3) is 8.03. The average Bonchev–Trinajstić information content (AvgIpc) is 1.97. The van der Waals surface area contributed by atoms with Gasteiger partial charge in [-0.3, -0.25) is 0 Å². The molecule has 0 aliphatic heterocycles. The Morgan fingerprint density at radius 1 is 1.23 bits per heavy atom. The Labute approximate surface area is 82.0 Å². The zero-order chi connectivity index (χ0) is 10.5. The normalized spacial score (nSPS) is 12.8. The van der Waals surface area contributed by atoms with E-state index in [0.29, 0.717) is 5.41 Å². The van der Waals surface area contributed by atoms with Crippen LogP contribution in [0.4, 0.5) is 0 Å². The van der Waals surface area contributed by atoms with Crippen molar-refractivity contribution in [1.29, 1.82) is 0 Å². The van der Waals surface area contributed by atoms with Gasteiger partial charge in [0.1, 0.15) is 0 Å². The monoisotopic (exact) mass is 204 g/mol. The quantitative estimate of drug-likeness (QED) is 0.645. The van der Waals surface area contributed by atoms with Crippen molar-refractivity contribution in [2.45, 2.75) is 40.0 Å². The van der Waals surface area contributed by atoms with E-state index >= 15 is 0 Å². The van der Waals surface area contributed by atoms with E-state index in [-0.39, 0.29) is 5.75 Å². The Hall–Kier alpha value is -0.310. The number of sulfone groups is 1. The lowest BCUT2D eigenvalue weighted by Crippen LogP contribution is -2.07. The molecule has 0 heterocycles. The zero-order valence-corrected chi connectivity index (χ0v) is 9.65. The van der Waals surface area contributed by atoms with Gasteiger partial charge in [-0.2, -0.15) is 0 Å². The molecule has 0 amide bonds. The summed E-state index contributed by atoms with van der Waals surface area (Å²) in [6.45, 7) is 9.76. The maximum absolute atomic E-state index is 11.0. The molecule has 0 saturated carbocycles. The first-order chi connectivity index (χ1) is 5.77. The van der Waals surface area contributed by atoms with Crippen LogP contribution in [0.15, 0.2) is 12.0 Å². The lowest BCUT2D eigenvalue weighted by molar-refractivity contribution is 0.363. The molecule has 0 rings (SSSR count). The van der Waals surface area contributed by atoms with Crippen LogP contribution in [0.3, 0.4) is 0 Å². The fraction of sp³-hybridized carbons (Fsp3) is 0.800. The molecule has 0 atom stereocenters. The standard InChI is InChI=1S/C10H20O2S/c1-5-13(11,12)9-7-6-8-10(2,3)4/h5H,1,6-9H2,2-4H3. The third-order valence-corrected chi connectivity index (χ3v) is 3.23. The van der Waals surface area contributed by atoms with Crippen LogP contribution in [-0.2, 0) is 9.84 Å². The smallest absolute Gasteiger partial charge is 0.171 e. The molecule has 0 radical (unpaired) electrons.